The van der Waals surface area contributed by atoms with Crippen LogP contribution in [0.25, 0.3) is 0 Å². The Hall–Kier alpha value is -1.06. The van der Waals surface area contributed by atoms with Crippen LogP contribution < -0.4 is 10.5 Å². The summed E-state index contributed by atoms with van der Waals surface area (Å²) in [7, 11) is 1.71. The van der Waals surface area contributed by atoms with Gasteiger partial charge in [-0.25, -0.2) is 0 Å². The van der Waals surface area contributed by atoms with Crippen molar-refractivity contribution in [2.45, 2.75) is 39.3 Å². The topological polar surface area (TPSA) is 44.5 Å². The van der Waals surface area contributed by atoms with Crippen molar-refractivity contribution in [1.82, 2.24) is 0 Å². The van der Waals surface area contributed by atoms with Gasteiger partial charge in [0.05, 0.1) is 19.8 Å². The molecule has 1 aromatic carbocycles. The molecule has 3 atom stereocenters. The van der Waals surface area contributed by atoms with Crippen LogP contribution in [0.3, 0.4) is 0 Å². The van der Waals surface area contributed by atoms with Gasteiger partial charge in [-0.1, -0.05) is 12.1 Å². The van der Waals surface area contributed by atoms with E-state index in [-0.39, 0.29) is 6.04 Å². The number of hydrogen-bond acceptors (Lipinski definition) is 3. The second-order valence-electron chi connectivity index (χ2n) is 5.30. The summed E-state index contributed by atoms with van der Waals surface area (Å²) < 4.78 is 11.2. The molecular formula is C15H23NO2. The third kappa shape index (κ3) is 2.38. The van der Waals surface area contributed by atoms with Crippen LogP contribution in [0, 0.1) is 19.8 Å². The molecule has 0 saturated carbocycles. The first-order valence-electron chi connectivity index (χ1n) is 6.55. The van der Waals surface area contributed by atoms with Crippen molar-refractivity contribution in [2.75, 3.05) is 13.7 Å². The van der Waals surface area contributed by atoms with E-state index in [0.29, 0.717) is 12.0 Å². The van der Waals surface area contributed by atoms with E-state index in [9.17, 15) is 0 Å². The molecule has 2 N–H and O–H groups in total. The number of rotatable bonds is 3. The van der Waals surface area contributed by atoms with Crippen LogP contribution >= 0.6 is 0 Å². The maximum Gasteiger partial charge on any atom is 0.126 e. The minimum atomic E-state index is -0.0100. The first-order chi connectivity index (χ1) is 8.54. The van der Waals surface area contributed by atoms with Gasteiger partial charge in [0.1, 0.15) is 5.75 Å². The van der Waals surface area contributed by atoms with E-state index in [0.717, 1.165) is 24.3 Å². The molecular weight excluding hydrogens is 226 g/mol. The fourth-order valence-electron chi connectivity index (χ4n) is 2.70. The lowest BCUT2D eigenvalue weighted by Crippen LogP contribution is -2.22. The van der Waals surface area contributed by atoms with Gasteiger partial charge in [-0.15, -0.1) is 0 Å². The van der Waals surface area contributed by atoms with Crippen LogP contribution in [-0.2, 0) is 4.74 Å². The van der Waals surface area contributed by atoms with Gasteiger partial charge < -0.3 is 15.2 Å². The molecule has 3 unspecified atom stereocenters. The Bertz CT molecular complexity index is 431. The summed E-state index contributed by atoms with van der Waals surface area (Å²) in [6.07, 6.45) is 1.34. The van der Waals surface area contributed by atoms with Crippen LogP contribution in [0.4, 0.5) is 0 Å². The summed E-state index contributed by atoms with van der Waals surface area (Å²) in [5, 5.41) is 0. The van der Waals surface area contributed by atoms with Gasteiger partial charge in [0.15, 0.2) is 0 Å². The zero-order valence-electron chi connectivity index (χ0n) is 11.7. The predicted molar refractivity (Wildman–Crippen MR) is 72.9 cm³/mol. The molecule has 3 nitrogen and oxygen atoms in total. The van der Waals surface area contributed by atoms with Gasteiger partial charge in [0.25, 0.3) is 0 Å². The van der Waals surface area contributed by atoms with E-state index in [4.69, 9.17) is 15.2 Å². The molecule has 2 rings (SSSR count). The Morgan fingerprint density at radius 1 is 1.39 bits per heavy atom. The normalized spacial score (nSPS) is 25.2. The van der Waals surface area contributed by atoms with Crippen LogP contribution in [0.2, 0.25) is 0 Å². The Labute approximate surface area is 109 Å². The summed E-state index contributed by atoms with van der Waals surface area (Å²) in [4.78, 5) is 0. The molecule has 1 aromatic rings. The molecule has 1 aliphatic heterocycles. The van der Waals surface area contributed by atoms with E-state index in [2.05, 4.69) is 32.9 Å². The molecule has 0 radical (unpaired) electrons. The SMILES string of the molecule is COc1c(C(N)C2COC(C)C2)ccc(C)c1C. The second-order valence-corrected chi connectivity index (χ2v) is 5.30. The number of nitrogens with two attached hydrogens (primary N) is 1. The highest BCUT2D eigenvalue weighted by Crippen LogP contribution is 2.36. The maximum absolute atomic E-state index is 6.40. The highest BCUT2D eigenvalue weighted by Gasteiger charge is 2.30. The minimum Gasteiger partial charge on any atom is -0.496 e. The molecule has 0 aliphatic carbocycles. The van der Waals surface area contributed by atoms with E-state index in [1.54, 1.807) is 7.11 Å². The third-order valence-electron chi connectivity index (χ3n) is 4.01. The Morgan fingerprint density at radius 3 is 2.67 bits per heavy atom. The third-order valence-corrected chi connectivity index (χ3v) is 4.01. The van der Waals surface area contributed by atoms with Gasteiger partial charge in [-0.3, -0.25) is 0 Å². The number of hydrogen-bond donors (Lipinski definition) is 1. The van der Waals surface area contributed by atoms with E-state index >= 15 is 0 Å². The average Bonchev–Trinajstić information content (AvgIpc) is 2.78. The van der Waals surface area contributed by atoms with Gasteiger partial charge >= 0.3 is 0 Å². The van der Waals surface area contributed by atoms with E-state index in [1.807, 2.05) is 0 Å². The van der Waals surface area contributed by atoms with Gasteiger partial charge in [0, 0.05) is 17.5 Å². The fourth-order valence-corrected chi connectivity index (χ4v) is 2.70. The molecule has 1 fully saturated rings. The monoisotopic (exact) mass is 249 g/mol. The van der Waals surface area contributed by atoms with E-state index < -0.39 is 0 Å². The molecule has 1 heterocycles. The summed E-state index contributed by atoms with van der Waals surface area (Å²) in [6, 6.07) is 4.20. The number of aryl methyl sites for hydroxylation is 1. The van der Waals surface area contributed by atoms with Crippen LogP contribution in [0.5, 0.6) is 5.75 Å². The van der Waals surface area contributed by atoms with Crippen molar-refractivity contribution in [1.29, 1.82) is 0 Å². The zero-order valence-corrected chi connectivity index (χ0v) is 11.7. The molecule has 100 valence electrons. The lowest BCUT2D eigenvalue weighted by molar-refractivity contribution is 0.118. The molecule has 0 bridgehead atoms. The van der Waals surface area contributed by atoms with E-state index in [1.165, 1.54) is 11.1 Å². The van der Waals surface area contributed by atoms with Crippen LogP contribution in [0.1, 0.15) is 36.1 Å². The Kier molecular flexibility index (Phi) is 3.93. The largest absolute Gasteiger partial charge is 0.496 e. The summed E-state index contributed by atoms with van der Waals surface area (Å²) in [5.41, 5.74) is 9.91. The Balaban J connectivity index is 2.30. The molecule has 18 heavy (non-hydrogen) atoms. The van der Waals surface area contributed by atoms with Crippen LogP contribution in [0.15, 0.2) is 12.1 Å². The summed E-state index contributed by atoms with van der Waals surface area (Å²) in [6.45, 7) is 7.02. The number of benzene rings is 1. The molecule has 1 saturated heterocycles. The smallest absolute Gasteiger partial charge is 0.126 e. The van der Waals surface area contributed by atoms with Crippen molar-refractivity contribution in [2.24, 2.45) is 11.7 Å². The maximum atomic E-state index is 6.40. The summed E-state index contributed by atoms with van der Waals surface area (Å²) in [5.74, 6) is 1.32. The van der Waals surface area contributed by atoms with Crippen molar-refractivity contribution in [3.8, 4) is 5.75 Å². The van der Waals surface area contributed by atoms with Gasteiger partial charge in [0.2, 0.25) is 0 Å². The Morgan fingerprint density at radius 2 is 2.11 bits per heavy atom. The highest BCUT2D eigenvalue weighted by molar-refractivity contribution is 5.47. The number of ether oxygens (including phenoxy) is 2. The summed E-state index contributed by atoms with van der Waals surface area (Å²) >= 11 is 0. The molecule has 0 spiro atoms. The van der Waals surface area contributed by atoms with Crippen molar-refractivity contribution >= 4 is 0 Å². The molecule has 0 amide bonds. The standard InChI is InChI=1S/C15H23NO2/c1-9-5-6-13(15(17-4)11(9)3)14(16)12-7-10(2)18-8-12/h5-6,10,12,14H,7-8,16H2,1-4H3. The van der Waals surface area contributed by atoms with Crippen molar-refractivity contribution in [3.63, 3.8) is 0 Å². The molecule has 3 heteroatoms. The first-order valence-corrected chi connectivity index (χ1v) is 6.55. The van der Waals surface area contributed by atoms with Crippen molar-refractivity contribution in [3.05, 3.63) is 28.8 Å². The fraction of sp³-hybridized carbons (Fsp3) is 0.600. The highest BCUT2D eigenvalue weighted by atomic mass is 16.5. The quantitative estimate of drug-likeness (QED) is 0.895. The molecule has 1 aliphatic rings. The van der Waals surface area contributed by atoms with Gasteiger partial charge in [-0.2, -0.15) is 0 Å². The van der Waals surface area contributed by atoms with Crippen LogP contribution in [-0.4, -0.2) is 19.8 Å². The first kappa shape index (κ1) is 13.4. The number of methoxy groups -OCH3 is 1. The van der Waals surface area contributed by atoms with Crippen molar-refractivity contribution < 1.29 is 9.47 Å². The average molecular weight is 249 g/mol. The lowest BCUT2D eigenvalue weighted by atomic mass is 9.89. The molecule has 0 aromatic heterocycles. The predicted octanol–water partition coefficient (Wildman–Crippen LogP) is 2.74. The van der Waals surface area contributed by atoms with Gasteiger partial charge in [-0.05, 0) is 38.3 Å². The second kappa shape index (κ2) is 5.29. The zero-order chi connectivity index (χ0) is 13.3. The lowest BCUT2D eigenvalue weighted by Gasteiger charge is -2.22. The minimum absolute atomic E-state index is 0.0100.